The van der Waals surface area contributed by atoms with E-state index in [1.165, 1.54) is 0 Å². The summed E-state index contributed by atoms with van der Waals surface area (Å²) in [4.78, 5) is 3.37. The lowest BCUT2D eigenvalue weighted by Crippen LogP contribution is -1.74. The lowest BCUT2D eigenvalue weighted by molar-refractivity contribution is 1.49. The van der Waals surface area contributed by atoms with Gasteiger partial charge in [-0.1, -0.05) is 30.9 Å². The number of aromatic nitrogens is 1. The third kappa shape index (κ3) is 1.33. The first-order chi connectivity index (χ1) is 8.33. The third-order valence-corrected chi connectivity index (χ3v) is 3.02. The van der Waals surface area contributed by atoms with Crippen molar-refractivity contribution < 1.29 is 0 Å². The number of nitrogens with zero attached hydrogens (tertiary/aromatic N) is 1. The van der Waals surface area contributed by atoms with Crippen LogP contribution in [0.3, 0.4) is 0 Å². The van der Waals surface area contributed by atoms with Gasteiger partial charge in [0.25, 0.3) is 0 Å². The number of aromatic amines is 1. The molecule has 0 aliphatic heterocycles. The second-order valence-electron chi connectivity index (χ2n) is 3.97. The lowest BCUT2D eigenvalue weighted by Gasteiger charge is -1.95. The highest BCUT2D eigenvalue weighted by Gasteiger charge is 2.06. The average molecular weight is 218 g/mol. The summed E-state index contributed by atoms with van der Waals surface area (Å²) in [6.07, 6.45) is 1.84. The van der Waals surface area contributed by atoms with Crippen LogP contribution in [0.25, 0.3) is 27.9 Å². The van der Waals surface area contributed by atoms with Crippen molar-refractivity contribution in [1.29, 1.82) is 5.26 Å². The van der Waals surface area contributed by atoms with Crippen molar-refractivity contribution in [1.82, 2.24) is 4.98 Å². The highest BCUT2D eigenvalue weighted by atomic mass is 14.7. The van der Waals surface area contributed by atoms with Crippen LogP contribution in [0, 0.1) is 11.3 Å². The molecule has 1 N–H and O–H groups in total. The van der Waals surface area contributed by atoms with Crippen LogP contribution in [0.2, 0.25) is 0 Å². The number of hydrogen-bond acceptors (Lipinski definition) is 1. The van der Waals surface area contributed by atoms with Crippen LogP contribution in [0.15, 0.2) is 43.0 Å². The first-order valence-electron chi connectivity index (χ1n) is 5.40. The summed E-state index contributed by atoms with van der Waals surface area (Å²) in [7, 11) is 0. The molecule has 0 saturated heterocycles. The minimum Gasteiger partial charge on any atom is -0.354 e. The van der Waals surface area contributed by atoms with Gasteiger partial charge in [-0.25, -0.2) is 0 Å². The summed E-state index contributed by atoms with van der Waals surface area (Å²) in [6, 6.07) is 13.9. The standard InChI is InChI=1S/C15H10N2/c1-2-11-4-3-5-12-13-8-10(9-16)6-7-14(13)17-15(11)12/h2-8,17H,1H2. The Balaban J connectivity index is 2.51. The van der Waals surface area contributed by atoms with Crippen LogP contribution in [0.4, 0.5) is 0 Å². The number of nitriles is 1. The second kappa shape index (κ2) is 3.50. The summed E-state index contributed by atoms with van der Waals surface area (Å²) in [5, 5.41) is 11.2. The molecular formula is C15H10N2. The van der Waals surface area contributed by atoms with Crippen molar-refractivity contribution >= 4 is 27.9 Å². The Kier molecular flexibility index (Phi) is 1.99. The van der Waals surface area contributed by atoms with Crippen molar-refractivity contribution in [3.05, 3.63) is 54.1 Å². The largest absolute Gasteiger partial charge is 0.354 e. The predicted molar refractivity (Wildman–Crippen MR) is 70.6 cm³/mol. The highest BCUT2D eigenvalue weighted by molar-refractivity contribution is 6.09. The van der Waals surface area contributed by atoms with Crippen LogP contribution >= 0.6 is 0 Å². The molecule has 3 aromatic rings. The number of H-pyrrole nitrogens is 1. The first-order valence-corrected chi connectivity index (χ1v) is 5.40. The quantitative estimate of drug-likeness (QED) is 0.662. The van der Waals surface area contributed by atoms with E-state index in [9.17, 15) is 0 Å². The topological polar surface area (TPSA) is 39.6 Å². The molecule has 3 rings (SSSR count). The van der Waals surface area contributed by atoms with Crippen LogP contribution in [0.1, 0.15) is 11.1 Å². The summed E-state index contributed by atoms with van der Waals surface area (Å²) >= 11 is 0. The number of hydrogen-bond donors (Lipinski definition) is 1. The van der Waals surface area contributed by atoms with E-state index in [0.717, 1.165) is 27.4 Å². The zero-order valence-corrected chi connectivity index (χ0v) is 9.20. The second-order valence-corrected chi connectivity index (χ2v) is 3.97. The van der Waals surface area contributed by atoms with Gasteiger partial charge >= 0.3 is 0 Å². The van der Waals surface area contributed by atoms with E-state index in [1.54, 1.807) is 0 Å². The average Bonchev–Trinajstić information content (AvgIpc) is 2.76. The van der Waals surface area contributed by atoms with Gasteiger partial charge in [-0.2, -0.15) is 5.26 Å². The number of nitrogens with one attached hydrogen (secondary N) is 1. The van der Waals surface area contributed by atoms with Gasteiger partial charge in [-0.15, -0.1) is 0 Å². The summed E-state index contributed by atoms with van der Waals surface area (Å²) < 4.78 is 0. The smallest absolute Gasteiger partial charge is 0.0991 e. The van der Waals surface area contributed by atoms with Crippen LogP contribution in [-0.4, -0.2) is 4.98 Å². The van der Waals surface area contributed by atoms with Gasteiger partial charge in [0, 0.05) is 16.3 Å². The highest BCUT2D eigenvalue weighted by Crippen LogP contribution is 2.28. The van der Waals surface area contributed by atoms with E-state index in [2.05, 4.69) is 23.7 Å². The van der Waals surface area contributed by atoms with Crippen molar-refractivity contribution in [2.24, 2.45) is 0 Å². The molecule has 0 amide bonds. The molecule has 0 fully saturated rings. The molecule has 0 aliphatic carbocycles. The van der Waals surface area contributed by atoms with Crippen LogP contribution in [0.5, 0.6) is 0 Å². The SMILES string of the molecule is C=Cc1cccc2c1[nH]c1ccc(C#N)cc12. The van der Waals surface area contributed by atoms with Crippen LogP contribution in [-0.2, 0) is 0 Å². The van der Waals surface area contributed by atoms with Crippen molar-refractivity contribution in [3.63, 3.8) is 0 Å². The maximum atomic E-state index is 8.93. The van der Waals surface area contributed by atoms with Crippen LogP contribution < -0.4 is 0 Å². The van der Waals surface area contributed by atoms with Crippen molar-refractivity contribution in [2.75, 3.05) is 0 Å². The maximum Gasteiger partial charge on any atom is 0.0991 e. The zero-order chi connectivity index (χ0) is 11.8. The molecule has 0 spiro atoms. The van der Waals surface area contributed by atoms with Crippen molar-refractivity contribution in [2.45, 2.75) is 0 Å². The molecule has 0 bridgehead atoms. The zero-order valence-electron chi connectivity index (χ0n) is 9.20. The van der Waals surface area contributed by atoms with E-state index < -0.39 is 0 Å². The molecule has 17 heavy (non-hydrogen) atoms. The molecule has 80 valence electrons. The molecule has 0 saturated carbocycles. The van der Waals surface area contributed by atoms with Gasteiger partial charge in [0.15, 0.2) is 0 Å². The number of benzene rings is 2. The number of rotatable bonds is 1. The molecule has 2 nitrogen and oxygen atoms in total. The van der Waals surface area contributed by atoms with Gasteiger partial charge in [-0.05, 0) is 23.8 Å². The number of fused-ring (bicyclic) bond motifs is 3. The van der Waals surface area contributed by atoms with Gasteiger partial charge in [0.05, 0.1) is 17.1 Å². The molecule has 2 aromatic carbocycles. The van der Waals surface area contributed by atoms with Gasteiger partial charge < -0.3 is 4.98 Å². The lowest BCUT2D eigenvalue weighted by atomic mass is 10.1. The maximum absolute atomic E-state index is 8.93. The van der Waals surface area contributed by atoms with E-state index >= 15 is 0 Å². The molecule has 0 atom stereocenters. The summed E-state index contributed by atoms with van der Waals surface area (Å²) in [5.41, 5.74) is 3.89. The predicted octanol–water partition coefficient (Wildman–Crippen LogP) is 3.84. The molecule has 0 unspecified atom stereocenters. The number of para-hydroxylation sites is 1. The first kappa shape index (κ1) is 9.68. The molecule has 1 heterocycles. The monoisotopic (exact) mass is 218 g/mol. The Bertz CT molecular complexity index is 773. The van der Waals surface area contributed by atoms with E-state index in [4.69, 9.17) is 5.26 Å². The van der Waals surface area contributed by atoms with Crippen molar-refractivity contribution in [3.8, 4) is 6.07 Å². The minimum atomic E-state index is 0.683. The molecule has 0 radical (unpaired) electrons. The van der Waals surface area contributed by atoms with Gasteiger partial charge in [0.2, 0.25) is 0 Å². The molecule has 0 aliphatic rings. The fourth-order valence-corrected chi connectivity index (χ4v) is 2.18. The molecule has 1 aromatic heterocycles. The molecule has 2 heteroatoms. The minimum absolute atomic E-state index is 0.683. The Morgan fingerprint density at radius 2 is 2.06 bits per heavy atom. The van der Waals surface area contributed by atoms with E-state index in [-0.39, 0.29) is 0 Å². The van der Waals surface area contributed by atoms with E-state index in [1.807, 2.05) is 36.4 Å². The van der Waals surface area contributed by atoms with Gasteiger partial charge in [-0.3, -0.25) is 0 Å². The fraction of sp³-hybridized carbons (Fsp3) is 0. The Morgan fingerprint density at radius 1 is 1.18 bits per heavy atom. The molecular weight excluding hydrogens is 208 g/mol. The summed E-state index contributed by atoms with van der Waals surface area (Å²) in [6.45, 7) is 3.81. The van der Waals surface area contributed by atoms with Gasteiger partial charge in [0.1, 0.15) is 0 Å². The fourth-order valence-electron chi connectivity index (χ4n) is 2.18. The Labute approximate surface area is 98.8 Å². The van der Waals surface area contributed by atoms with E-state index in [0.29, 0.717) is 5.56 Å². The Hall–Kier alpha value is -2.53. The normalized spacial score (nSPS) is 10.5. The third-order valence-electron chi connectivity index (χ3n) is 3.02. The summed E-state index contributed by atoms with van der Waals surface area (Å²) in [5.74, 6) is 0. The Morgan fingerprint density at radius 3 is 2.82 bits per heavy atom.